The lowest BCUT2D eigenvalue weighted by molar-refractivity contribution is 0.116. The highest BCUT2D eigenvalue weighted by Gasteiger charge is 2.06. The van der Waals surface area contributed by atoms with E-state index < -0.39 is 0 Å². The highest BCUT2D eigenvalue weighted by atomic mass is 16.3. The summed E-state index contributed by atoms with van der Waals surface area (Å²) in [5.74, 6) is 0.407. The average molecular weight is 129 g/mol. The normalized spacial score (nSPS) is 14.3. The van der Waals surface area contributed by atoms with E-state index >= 15 is 0 Å². The van der Waals surface area contributed by atoms with Gasteiger partial charge in [-0.1, -0.05) is 20.8 Å². The molecule has 0 bridgehead atoms. The van der Waals surface area contributed by atoms with E-state index in [9.17, 15) is 5.11 Å². The summed E-state index contributed by atoms with van der Waals surface area (Å²) in [5, 5.41) is 9.24. The van der Waals surface area contributed by atoms with E-state index in [0.717, 1.165) is 12.8 Å². The fourth-order valence-electron chi connectivity index (χ4n) is 0.671. The predicted octanol–water partition coefficient (Wildman–Crippen LogP) is 2.01. The monoisotopic (exact) mass is 129 g/mol. The van der Waals surface area contributed by atoms with Gasteiger partial charge < -0.3 is 5.11 Å². The lowest BCUT2D eigenvalue weighted by Crippen LogP contribution is -2.13. The van der Waals surface area contributed by atoms with Gasteiger partial charge in [-0.2, -0.15) is 0 Å². The van der Waals surface area contributed by atoms with Crippen LogP contribution in [0.2, 0.25) is 0 Å². The topological polar surface area (TPSA) is 20.2 Å². The average Bonchev–Trinajstić information content (AvgIpc) is 1.82. The number of unbranched alkanes of at least 4 members (excludes halogenated alkanes) is 1. The van der Waals surface area contributed by atoms with E-state index in [1.807, 2.05) is 20.8 Å². The number of aliphatic hydroxyl groups is 1. The Bertz CT molecular complexity index is 59.6. The maximum atomic E-state index is 9.24. The molecule has 1 N–H and O–H groups in total. The maximum absolute atomic E-state index is 9.24. The largest absolute Gasteiger partial charge is 0.393 e. The second-order valence-electron chi connectivity index (χ2n) is 2.80. The second kappa shape index (κ2) is 4.80. The highest BCUT2D eigenvalue weighted by Crippen LogP contribution is 2.08. The smallest absolute Gasteiger partial charge is 0.0563 e. The Morgan fingerprint density at radius 1 is 1.44 bits per heavy atom. The van der Waals surface area contributed by atoms with E-state index in [4.69, 9.17) is 0 Å². The van der Waals surface area contributed by atoms with E-state index in [0.29, 0.717) is 5.92 Å². The van der Waals surface area contributed by atoms with Crippen molar-refractivity contribution in [2.24, 2.45) is 5.92 Å². The quantitative estimate of drug-likeness (QED) is 0.615. The lowest BCUT2D eigenvalue weighted by atomic mass is 10.0. The summed E-state index contributed by atoms with van der Waals surface area (Å²) in [6.45, 7) is 6.10. The van der Waals surface area contributed by atoms with Gasteiger partial charge in [0.1, 0.15) is 0 Å². The standard InChI is InChI=1S/C8H17O/c1-4-5-6-8(9)7(2)3/h4,7-9H,5-6H2,1-3H3. The van der Waals surface area contributed by atoms with Crippen LogP contribution in [-0.2, 0) is 0 Å². The SMILES string of the molecule is C[CH]CCC(O)C(C)C. The van der Waals surface area contributed by atoms with Gasteiger partial charge >= 0.3 is 0 Å². The summed E-state index contributed by atoms with van der Waals surface area (Å²) >= 11 is 0. The van der Waals surface area contributed by atoms with Crippen molar-refractivity contribution in [2.75, 3.05) is 0 Å². The van der Waals surface area contributed by atoms with Gasteiger partial charge in [-0.3, -0.25) is 0 Å². The molecule has 55 valence electrons. The van der Waals surface area contributed by atoms with Gasteiger partial charge in [0, 0.05) is 0 Å². The summed E-state index contributed by atoms with van der Waals surface area (Å²) < 4.78 is 0. The molecule has 0 aliphatic rings. The van der Waals surface area contributed by atoms with Crippen molar-refractivity contribution in [3.8, 4) is 0 Å². The molecule has 0 fully saturated rings. The molecule has 0 saturated carbocycles. The molecule has 1 heteroatoms. The van der Waals surface area contributed by atoms with Crippen LogP contribution in [-0.4, -0.2) is 11.2 Å². The molecule has 0 aliphatic carbocycles. The van der Waals surface area contributed by atoms with Gasteiger partial charge in [-0.25, -0.2) is 0 Å². The van der Waals surface area contributed by atoms with Crippen molar-refractivity contribution >= 4 is 0 Å². The Morgan fingerprint density at radius 3 is 2.33 bits per heavy atom. The van der Waals surface area contributed by atoms with Crippen LogP contribution < -0.4 is 0 Å². The minimum absolute atomic E-state index is 0.110. The summed E-state index contributed by atoms with van der Waals surface area (Å²) in [5.41, 5.74) is 0. The van der Waals surface area contributed by atoms with Crippen LogP contribution in [0.1, 0.15) is 33.6 Å². The van der Waals surface area contributed by atoms with Gasteiger partial charge in [0.2, 0.25) is 0 Å². The van der Waals surface area contributed by atoms with Crippen LogP contribution in [0.3, 0.4) is 0 Å². The highest BCUT2D eigenvalue weighted by molar-refractivity contribution is 4.64. The molecule has 0 aromatic rings. The molecule has 0 aliphatic heterocycles. The van der Waals surface area contributed by atoms with Gasteiger partial charge in [-0.15, -0.1) is 0 Å². The first-order chi connectivity index (χ1) is 4.18. The molecule has 9 heavy (non-hydrogen) atoms. The minimum atomic E-state index is -0.110. The van der Waals surface area contributed by atoms with Crippen molar-refractivity contribution in [1.82, 2.24) is 0 Å². The number of rotatable bonds is 4. The van der Waals surface area contributed by atoms with Crippen molar-refractivity contribution in [2.45, 2.75) is 39.7 Å². The first-order valence-electron chi connectivity index (χ1n) is 3.64. The van der Waals surface area contributed by atoms with Crippen molar-refractivity contribution in [3.63, 3.8) is 0 Å². The molecule has 0 spiro atoms. The molecule has 0 aromatic carbocycles. The van der Waals surface area contributed by atoms with Crippen molar-refractivity contribution in [1.29, 1.82) is 0 Å². The minimum Gasteiger partial charge on any atom is -0.393 e. The third kappa shape index (κ3) is 4.46. The number of hydrogen-bond donors (Lipinski definition) is 1. The number of aliphatic hydroxyl groups excluding tert-OH is 1. The molecule has 1 nitrogen and oxygen atoms in total. The molecule has 0 heterocycles. The molecule has 0 aromatic heterocycles. The summed E-state index contributed by atoms with van der Waals surface area (Å²) in [6.07, 6.45) is 3.92. The second-order valence-corrected chi connectivity index (χ2v) is 2.80. The first-order valence-corrected chi connectivity index (χ1v) is 3.64. The zero-order chi connectivity index (χ0) is 7.28. The Hall–Kier alpha value is -0.0400. The van der Waals surface area contributed by atoms with Crippen LogP contribution in [0, 0.1) is 12.3 Å². The number of hydrogen-bond acceptors (Lipinski definition) is 1. The Balaban J connectivity index is 3.16. The molecule has 0 saturated heterocycles. The fraction of sp³-hybridized carbons (Fsp3) is 0.875. The van der Waals surface area contributed by atoms with Crippen molar-refractivity contribution in [3.05, 3.63) is 6.42 Å². The predicted molar refractivity (Wildman–Crippen MR) is 40.1 cm³/mol. The Morgan fingerprint density at radius 2 is 2.00 bits per heavy atom. The maximum Gasteiger partial charge on any atom is 0.0563 e. The van der Waals surface area contributed by atoms with Crippen LogP contribution >= 0.6 is 0 Å². The third-order valence-electron chi connectivity index (χ3n) is 1.52. The fourth-order valence-corrected chi connectivity index (χ4v) is 0.671. The van der Waals surface area contributed by atoms with Crippen LogP contribution in [0.4, 0.5) is 0 Å². The van der Waals surface area contributed by atoms with E-state index in [1.54, 1.807) is 0 Å². The van der Waals surface area contributed by atoms with Crippen LogP contribution in [0.25, 0.3) is 0 Å². The third-order valence-corrected chi connectivity index (χ3v) is 1.52. The summed E-state index contributed by atoms with van der Waals surface area (Å²) in [4.78, 5) is 0. The van der Waals surface area contributed by atoms with Crippen molar-refractivity contribution < 1.29 is 5.11 Å². The van der Waals surface area contributed by atoms with Gasteiger partial charge in [-0.05, 0) is 25.2 Å². The van der Waals surface area contributed by atoms with Crippen LogP contribution in [0.15, 0.2) is 0 Å². The lowest BCUT2D eigenvalue weighted by Gasteiger charge is -2.12. The van der Waals surface area contributed by atoms with Gasteiger partial charge in [0.05, 0.1) is 6.10 Å². The Labute approximate surface area is 58.1 Å². The molecule has 1 atom stereocenters. The zero-order valence-electron chi connectivity index (χ0n) is 6.59. The van der Waals surface area contributed by atoms with Gasteiger partial charge in [0.15, 0.2) is 0 Å². The van der Waals surface area contributed by atoms with E-state index in [1.165, 1.54) is 0 Å². The summed E-state index contributed by atoms with van der Waals surface area (Å²) in [6, 6.07) is 0. The Kier molecular flexibility index (Phi) is 4.78. The molecular formula is C8H17O. The zero-order valence-corrected chi connectivity index (χ0v) is 6.59. The molecule has 0 rings (SSSR count). The molecular weight excluding hydrogens is 112 g/mol. The van der Waals surface area contributed by atoms with E-state index in [-0.39, 0.29) is 6.10 Å². The van der Waals surface area contributed by atoms with Crippen LogP contribution in [0.5, 0.6) is 0 Å². The molecule has 0 amide bonds. The van der Waals surface area contributed by atoms with Gasteiger partial charge in [0.25, 0.3) is 0 Å². The molecule has 1 radical (unpaired) electrons. The van der Waals surface area contributed by atoms with E-state index in [2.05, 4.69) is 6.42 Å². The first kappa shape index (κ1) is 8.96. The summed E-state index contributed by atoms with van der Waals surface area (Å²) in [7, 11) is 0. The molecule has 1 unspecified atom stereocenters.